The summed E-state index contributed by atoms with van der Waals surface area (Å²) in [6, 6.07) is 0. The van der Waals surface area contributed by atoms with Gasteiger partial charge in [-0.15, -0.1) is 0 Å². The highest BCUT2D eigenvalue weighted by atomic mass is 19.1. The van der Waals surface area contributed by atoms with Crippen LogP contribution < -0.4 is 10.5 Å². The number of aromatic nitrogens is 2. The summed E-state index contributed by atoms with van der Waals surface area (Å²) < 4.78 is 28.2. The SMILES string of the molecule is COCCCOCCOc1nc(N)ncc1F. The number of hydrogen-bond donors (Lipinski definition) is 1. The smallest absolute Gasteiger partial charge is 0.255 e. The van der Waals surface area contributed by atoms with Crippen LogP contribution in [0.25, 0.3) is 0 Å². The first-order valence-corrected chi connectivity index (χ1v) is 5.21. The topological polar surface area (TPSA) is 79.5 Å². The van der Waals surface area contributed by atoms with Gasteiger partial charge in [0.1, 0.15) is 6.61 Å². The standard InChI is InChI=1S/C10H16FN3O3/c1-15-3-2-4-16-5-6-17-9-8(11)7-13-10(12)14-9/h7H,2-6H2,1H3,(H2,12,13,14). The Morgan fingerprint density at radius 1 is 1.29 bits per heavy atom. The van der Waals surface area contributed by atoms with Crippen LogP contribution in [0.4, 0.5) is 10.3 Å². The van der Waals surface area contributed by atoms with Crippen LogP contribution in [-0.4, -0.2) is 43.5 Å². The molecule has 7 heteroatoms. The number of ether oxygens (including phenoxy) is 3. The average molecular weight is 245 g/mol. The molecule has 17 heavy (non-hydrogen) atoms. The van der Waals surface area contributed by atoms with Crippen molar-refractivity contribution >= 4 is 5.95 Å². The van der Waals surface area contributed by atoms with E-state index < -0.39 is 5.82 Å². The Morgan fingerprint density at radius 3 is 2.88 bits per heavy atom. The molecule has 96 valence electrons. The molecule has 0 aliphatic rings. The number of methoxy groups -OCH3 is 1. The van der Waals surface area contributed by atoms with Gasteiger partial charge in [-0.25, -0.2) is 4.98 Å². The third-order valence-electron chi connectivity index (χ3n) is 1.83. The van der Waals surface area contributed by atoms with Crippen LogP contribution in [0.5, 0.6) is 5.88 Å². The van der Waals surface area contributed by atoms with Crippen molar-refractivity contribution in [2.75, 3.05) is 39.3 Å². The van der Waals surface area contributed by atoms with Gasteiger partial charge in [-0.1, -0.05) is 0 Å². The highest BCUT2D eigenvalue weighted by Crippen LogP contribution is 2.12. The summed E-state index contributed by atoms with van der Waals surface area (Å²) in [7, 11) is 1.63. The third-order valence-corrected chi connectivity index (χ3v) is 1.83. The van der Waals surface area contributed by atoms with Crippen LogP contribution in [0.15, 0.2) is 6.20 Å². The van der Waals surface area contributed by atoms with Crippen LogP contribution >= 0.6 is 0 Å². The van der Waals surface area contributed by atoms with Gasteiger partial charge in [-0.05, 0) is 6.42 Å². The van der Waals surface area contributed by atoms with Gasteiger partial charge in [-0.2, -0.15) is 9.37 Å². The molecule has 0 spiro atoms. The minimum Gasteiger partial charge on any atom is -0.473 e. The largest absolute Gasteiger partial charge is 0.473 e. The number of anilines is 1. The van der Waals surface area contributed by atoms with E-state index >= 15 is 0 Å². The van der Waals surface area contributed by atoms with E-state index in [2.05, 4.69) is 9.97 Å². The predicted octanol–water partition coefficient (Wildman–Crippen LogP) is 0.630. The Balaban J connectivity index is 2.15. The van der Waals surface area contributed by atoms with Crippen molar-refractivity contribution in [3.63, 3.8) is 0 Å². The molecule has 0 amide bonds. The Hall–Kier alpha value is -1.47. The molecule has 0 saturated carbocycles. The molecule has 0 fully saturated rings. The zero-order chi connectivity index (χ0) is 12.5. The lowest BCUT2D eigenvalue weighted by molar-refractivity contribution is 0.0784. The summed E-state index contributed by atoms with van der Waals surface area (Å²) in [5.41, 5.74) is 5.30. The summed E-state index contributed by atoms with van der Waals surface area (Å²) >= 11 is 0. The Morgan fingerprint density at radius 2 is 2.12 bits per heavy atom. The Kier molecular flexibility index (Phi) is 6.19. The predicted molar refractivity (Wildman–Crippen MR) is 59.2 cm³/mol. The maximum absolute atomic E-state index is 13.1. The number of rotatable bonds is 8. The quantitative estimate of drug-likeness (QED) is 0.677. The molecule has 0 bridgehead atoms. The van der Waals surface area contributed by atoms with E-state index in [1.165, 1.54) is 0 Å². The van der Waals surface area contributed by atoms with Crippen LogP contribution in [0.2, 0.25) is 0 Å². The van der Waals surface area contributed by atoms with Gasteiger partial charge >= 0.3 is 0 Å². The molecule has 0 radical (unpaired) electrons. The molecule has 2 N–H and O–H groups in total. The number of nitrogens with two attached hydrogens (primary N) is 1. The van der Waals surface area contributed by atoms with Crippen LogP contribution in [0, 0.1) is 5.82 Å². The summed E-state index contributed by atoms with van der Waals surface area (Å²) in [5.74, 6) is -0.820. The molecular weight excluding hydrogens is 229 g/mol. The van der Waals surface area contributed by atoms with Gasteiger partial charge in [0, 0.05) is 20.3 Å². The summed E-state index contributed by atoms with van der Waals surface area (Å²) in [6.07, 6.45) is 1.78. The molecule has 6 nitrogen and oxygen atoms in total. The van der Waals surface area contributed by atoms with E-state index in [4.69, 9.17) is 19.9 Å². The highest BCUT2D eigenvalue weighted by Gasteiger charge is 2.06. The minimum atomic E-state index is -0.640. The van der Waals surface area contributed by atoms with Gasteiger partial charge in [0.05, 0.1) is 12.8 Å². The molecule has 0 saturated heterocycles. The van der Waals surface area contributed by atoms with E-state index in [9.17, 15) is 4.39 Å². The number of nitrogens with zero attached hydrogens (tertiary/aromatic N) is 2. The minimum absolute atomic E-state index is 0.0255. The highest BCUT2D eigenvalue weighted by molar-refractivity contribution is 5.22. The van der Waals surface area contributed by atoms with Gasteiger partial charge in [0.2, 0.25) is 11.8 Å². The third kappa shape index (κ3) is 5.41. The molecule has 1 rings (SSSR count). The van der Waals surface area contributed by atoms with Gasteiger partial charge in [-0.3, -0.25) is 0 Å². The van der Waals surface area contributed by atoms with Crippen molar-refractivity contribution in [2.45, 2.75) is 6.42 Å². The molecule has 0 aliphatic heterocycles. The molecule has 1 aromatic rings. The lowest BCUT2D eigenvalue weighted by Crippen LogP contribution is -2.11. The van der Waals surface area contributed by atoms with Gasteiger partial charge in [0.15, 0.2) is 0 Å². The normalized spacial score (nSPS) is 10.5. The first kappa shape index (κ1) is 13.6. The second kappa shape index (κ2) is 7.75. The van der Waals surface area contributed by atoms with Crippen molar-refractivity contribution in [3.8, 4) is 5.88 Å². The molecule has 1 aromatic heterocycles. The van der Waals surface area contributed by atoms with Crippen LogP contribution in [0.3, 0.4) is 0 Å². The Bertz CT molecular complexity index is 339. The van der Waals surface area contributed by atoms with Crippen molar-refractivity contribution < 1.29 is 18.6 Å². The van der Waals surface area contributed by atoms with E-state index in [1.807, 2.05) is 0 Å². The van der Waals surface area contributed by atoms with Crippen molar-refractivity contribution in [1.29, 1.82) is 0 Å². The van der Waals surface area contributed by atoms with E-state index in [0.717, 1.165) is 12.6 Å². The second-order valence-corrected chi connectivity index (χ2v) is 3.19. The number of nitrogen functional groups attached to an aromatic ring is 1. The molecule has 0 aromatic carbocycles. The van der Waals surface area contributed by atoms with Crippen molar-refractivity contribution in [1.82, 2.24) is 9.97 Å². The maximum atomic E-state index is 13.1. The summed E-state index contributed by atoms with van der Waals surface area (Å²) in [6.45, 7) is 1.79. The van der Waals surface area contributed by atoms with E-state index in [0.29, 0.717) is 19.8 Å². The van der Waals surface area contributed by atoms with Crippen molar-refractivity contribution in [2.24, 2.45) is 0 Å². The molecule has 0 unspecified atom stereocenters. The van der Waals surface area contributed by atoms with Gasteiger partial charge in [0.25, 0.3) is 5.88 Å². The monoisotopic (exact) mass is 245 g/mol. The lowest BCUT2D eigenvalue weighted by atomic mass is 10.5. The number of hydrogen-bond acceptors (Lipinski definition) is 6. The molecular formula is C10H16FN3O3. The lowest BCUT2D eigenvalue weighted by Gasteiger charge is -2.07. The first-order valence-electron chi connectivity index (χ1n) is 5.21. The maximum Gasteiger partial charge on any atom is 0.255 e. The first-order chi connectivity index (χ1) is 8.24. The fourth-order valence-corrected chi connectivity index (χ4v) is 1.07. The van der Waals surface area contributed by atoms with E-state index in [1.54, 1.807) is 7.11 Å². The second-order valence-electron chi connectivity index (χ2n) is 3.19. The summed E-state index contributed by atoms with van der Waals surface area (Å²) in [5, 5.41) is 0. The average Bonchev–Trinajstić information content (AvgIpc) is 2.32. The zero-order valence-electron chi connectivity index (χ0n) is 9.69. The fraction of sp³-hybridized carbons (Fsp3) is 0.600. The van der Waals surface area contributed by atoms with Crippen LogP contribution in [0.1, 0.15) is 6.42 Å². The fourth-order valence-electron chi connectivity index (χ4n) is 1.07. The van der Waals surface area contributed by atoms with Crippen molar-refractivity contribution in [3.05, 3.63) is 12.0 Å². The molecule has 1 heterocycles. The van der Waals surface area contributed by atoms with Crippen LogP contribution in [-0.2, 0) is 9.47 Å². The van der Waals surface area contributed by atoms with E-state index in [-0.39, 0.29) is 18.4 Å². The van der Waals surface area contributed by atoms with Gasteiger partial charge < -0.3 is 19.9 Å². The Labute approximate surface area is 98.9 Å². The molecule has 0 atom stereocenters. The summed E-state index contributed by atoms with van der Waals surface area (Å²) in [4.78, 5) is 7.10. The zero-order valence-corrected chi connectivity index (χ0v) is 9.69. The molecule has 0 aliphatic carbocycles. The number of halogens is 1.